The van der Waals surface area contributed by atoms with Gasteiger partial charge in [0.05, 0.1) is 15.9 Å². The second kappa shape index (κ2) is 6.56. The fraction of sp³-hybridized carbons (Fsp3) is 0.286. The summed E-state index contributed by atoms with van der Waals surface area (Å²) >= 11 is 3.18. The van der Waals surface area contributed by atoms with Gasteiger partial charge in [0.1, 0.15) is 0 Å². The standard InChI is InChI=1S/C14H16BrN3O2/c1-2-7-17-8-3-4-12(17)10-16-11-5-6-13(15)14(9-11)18(19)20/h3-6,8-9,16H,2,7,10H2,1H3. The lowest BCUT2D eigenvalue weighted by molar-refractivity contribution is -0.385. The van der Waals surface area contributed by atoms with E-state index in [1.807, 2.05) is 18.3 Å². The highest BCUT2D eigenvalue weighted by Gasteiger charge is 2.12. The molecule has 0 saturated carbocycles. The molecular formula is C14H16BrN3O2. The Morgan fingerprint density at radius 2 is 2.20 bits per heavy atom. The molecule has 0 atom stereocenters. The highest BCUT2D eigenvalue weighted by atomic mass is 79.9. The van der Waals surface area contributed by atoms with Crippen molar-refractivity contribution in [2.24, 2.45) is 0 Å². The molecule has 0 bridgehead atoms. The van der Waals surface area contributed by atoms with E-state index in [2.05, 4.69) is 38.8 Å². The molecule has 0 aliphatic heterocycles. The smallest absolute Gasteiger partial charge is 0.285 e. The fourth-order valence-corrected chi connectivity index (χ4v) is 2.42. The van der Waals surface area contributed by atoms with Gasteiger partial charge in [-0.15, -0.1) is 0 Å². The van der Waals surface area contributed by atoms with Crippen molar-refractivity contribution in [2.75, 3.05) is 5.32 Å². The zero-order valence-corrected chi connectivity index (χ0v) is 12.8. The van der Waals surface area contributed by atoms with Crippen LogP contribution in [0.1, 0.15) is 19.0 Å². The van der Waals surface area contributed by atoms with Gasteiger partial charge in [-0.3, -0.25) is 10.1 Å². The average molecular weight is 338 g/mol. The molecule has 106 valence electrons. The van der Waals surface area contributed by atoms with Gasteiger partial charge in [0.25, 0.3) is 5.69 Å². The maximum absolute atomic E-state index is 10.9. The molecule has 2 aromatic rings. The number of aryl methyl sites for hydroxylation is 1. The van der Waals surface area contributed by atoms with Crippen molar-refractivity contribution in [1.29, 1.82) is 0 Å². The monoisotopic (exact) mass is 337 g/mol. The number of nitrogens with zero attached hydrogens (tertiary/aromatic N) is 2. The van der Waals surface area contributed by atoms with Crippen LogP contribution in [0.4, 0.5) is 11.4 Å². The van der Waals surface area contributed by atoms with E-state index < -0.39 is 4.92 Å². The van der Waals surface area contributed by atoms with E-state index in [9.17, 15) is 10.1 Å². The Hall–Kier alpha value is -1.82. The lowest BCUT2D eigenvalue weighted by atomic mass is 10.2. The third kappa shape index (κ3) is 3.39. The number of rotatable bonds is 6. The van der Waals surface area contributed by atoms with E-state index in [0.717, 1.165) is 24.3 Å². The quantitative estimate of drug-likeness (QED) is 0.635. The Morgan fingerprint density at radius 3 is 2.90 bits per heavy atom. The van der Waals surface area contributed by atoms with Crippen LogP contribution in [0.25, 0.3) is 0 Å². The Bertz CT molecular complexity index is 610. The Kier molecular flexibility index (Phi) is 4.79. The van der Waals surface area contributed by atoms with Crippen molar-refractivity contribution in [3.05, 3.63) is 56.8 Å². The molecule has 0 aliphatic carbocycles. The molecule has 2 rings (SSSR count). The molecule has 0 unspecified atom stereocenters. The van der Waals surface area contributed by atoms with Crippen molar-refractivity contribution in [3.63, 3.8) is 0 Å². The van der Waals surface area contributed by atoms with E-state index >= 15 is 0 Å². The number of aromatic nitrogens is 1. The summed E-state index contributed by atoms with van der Waals surface area (Å²) in [5, 5.41) is 14.1. The molecule has 0 fully saturated rings. The van der Waals surface area contributed by atoms with E-state index in [0.29, 0.717) is 11.0 Å². The highest BCUT2D eigenvalue weighted by molar-refractivity contribution is 9.10. The predicted octanol–water partition coefficient (Wildman–Crippen LogP) is 4.18. The SMILES string of the molecule is CCCn1cccc1CNc1ccc(Br)c([N+](=O)[O-])c1. The summed E-state index contributed by atoms with van der Waals surface area (Å²) in [5.74, 6) is 0. The van der Waals surface area contributed by atoms with Gasteiger partial charge in [0, 0.05) is 30.2 Å². The summed E-state index contributed by atoms with van der Waals surface area (Å²) in [7, 11) is 0. The van der Waals surface area contributed by atoms with Gasteiger partial charge in [-0.05, 0) is 46.6 Å². The molecule has 1 heterocycles. The van der Waals surface area contributed by atoms with Crippen LogP contribution in [0.15, 0.2) is 41.0 Å². The lowest BCUT2D eigenvalue weighted by Gasteiger charge is -2.10. The number of benzene rings is 1. The normalized spacial score (nSPS) is 10.5. The van der Waals surface area contributed by atoms with Crippen molar-refractivity contribution in [1.82, 2.24) is 4.57 Å². The molecule has 0 spiro atoms. The number of nitro groups is 1. The maximum Gasteiger partial charge on any atom is 0.285 e. The van der Waals surface area contributed by atoms with Gasteiger partial charge in [-0.2, -0.15) is 0 Å². The fourth-order valence-electron chi connectivity index (χ4n) is 2.02. The molecule has 0 amide bonds. The molecule has 0 aliphatic rings. The first-order valence-electron chi connectivity index (χ1n) is 6.43. The average Bonchev–Trinajstić information content (AvgIpc) is 2.85. The summed E-state index contributed by atoms with van der Waals surface area (Å²) in [4.78, 5) is 10.5. The third-order valence-corrected chi connectivity index (χ3v) is 3.68. The van der Waals surface area contributed by atoms with Crippen molar-refractivity contribution in [3.8, 4) is 0 Å². The van der Waals surface area contributed by atoms with Gasteiger partial charge < -0.3 is 9.88 Å². The summed E-state index contributed by atoms with van der Waals surface area (Å²) in [5.41, 5.74) is 1.97. The molecule has 6 heteroatoms. The number of halogens is 1. The maximum atomic E-state index is 10.9. The first-order valence-corrected chi connectivity index (χ1v) is 7.23. The summed E-state index contributed by atoms with van der Waals surface area (Å²) < 4.78 is 2.67. The minimum Gasteiger partial charge on any atom is -0.379 e. The Labute approximate surface area is 125 Å². The van der Waals surface area contributed by atoms with Crippen LogP contribution in [0, 0.1) is 10.1 Å². The van der Waals surface area contributed by atoms with Crippen LogP contribution in [-0.4, -0.2) is 9.49 Å². The van der Waals surface area contributed by atoms with Gasteiger partial charge in [0.2, 0.25) is 0 Å². The lowest BCUT2D eigenvalue weighted by Crippen LogP contribution is -2.07. The molecule has 1 N–H and O–H groups in total. The van der Waals surface area contributed by atoms with Crippen molar-refractivity contribution in [2.45, 2.75) is 26.4 Å². The van der Waals surface area contributed by atoms with E-state index in [4.69, 9.17) is 0 Å². The molecular weight excluding hydrogens is 322 g/mol. The molecule has 1 aromatic carbocycles. The highest BCUT2D eigenvalue weighted by Crippen LogP contribution is 2.28. The molecule has 1 aromatic heterocycles. The number of hydrogen-bond donors (Lipinski definition) is 1. The van der Waals surface area contributed by atoms with E-state index in [-0.39, 0.29) is 5.69 Å². The topological polar surface area (TPSA) is 60.1 Å². The number of anilines is 1. The summed E-state index contributed by atoms with van der Waals surface area (Å²) in [6.07, 6.45) is 3.12. The Morgan fingerprint density at radius 1 is 1.40 bits per heavy atom. The van der Waals surface area contributed by atoms with Crippen LogP contribution in [-0.2, 0) is 13.1 Å². The molecule has 5 nitrogen and oxygen atoms in total. The molecule has 0 saturated heterocycles. The van der Waals surface area contributed by atoms with Crippen molar-refractivity contribution < 1.29 is 4.92 Å². The van der Waals surface area contributed by atoms with Crippen LogP contribution in [0.5, 0.6) is 0 Å². The molecule has 0 radical (unpaired) electrons. The van der Waals surface area contributed by atoms with Crippen LogP contribution in [0.2, 0.25) is 0 Å². The molecule has 20 heavy (non-hydrogen) atoms. The van der Waals surface area contributed by atoms with Crippen molar-refractivity contribution >= 4 is 27.3 Å². The van der Waals surface area contributed by atoms with E-state index in [1.54, 1.807) is 6.07 Å². The summed E-state index contributed by atoms with van der Waals surface area (Å²) in [6.45, 7) is 3.76. The zero-order chi connectivity index (χ0) is 14.5. The van der Waals surface area contributed by atoms with Crippen LogP contribution in [0.3, 0.4) is 0 Å². The second-order valence-electron chi connectivity index (χ2n) is 4.47. The summed E-state index contributed by atoms with van der Waals surface area (Å²) in [6, 6.07) is 9.11. The third-order valence-electron chi connectivity index (χ3n) is 3.00. The largest absolute Gasteiger partial charge is 0.379 e. The van der Waals surface area contributed by atoms with Gasteiger partial charge in [0.15, 0.2) is 0 Å². The van der Waals surface area contributed by atoms with E-state index in [1.165, 1.54) is 6.07 Å². The van der Waals surface area contributed by atoms with Crippen LogP contribution < -0.4 is 5.32 Å². The van der Waals surface area contributed by atoms with Gasteiger partial charge >= 0.3 is 0 Å². The van der Waals surface area contributed by atoms with Gasteiger partial charge in [-0.25, -0.2) is 0 Å². The minimum atomic E-state index is -0.394. The zero-order valence-electron chi connectivity index (χ0n) is 11.2. The Balaban J connectivity index is 2.09. The second-order valence-corrected chi connectivity index (χ2v) is 5.32. The first kappa shape index (κ1) is 14.6. The predicted molar refractivity (Wildman–Crippen MR) is 82.8 cm³/mol. The van der Waals surface area contributed by atoms with Crippen LogP contribution >= 0.6 is 15.9 Å². The van der Waals surface area contributed by atoms with Gasteiger partial charge in [-0.1, -0.05) is 6.92 Å². The number of hydrogen-bond acceptors (Lipinski definition) is 3. The minimum absolute atomic E-state index is 0.0685. The first-order chi connectivity index (χ1) is 9.61. The number of nitrogens with one attached hydrogen (secondary N) is 1. The number of nitro benzene ring substituents is 1.